The molecule has 7 nitrogen and oxygen atoms in total. The Labute approximate surface area is 164 Å². The second-order valence-electron chi connectivity index (χ2n) is 6.69. The highest BCUT2D eigenvalue weighted by Gasteiger charge is 2.52. The van der Waals surface area contributed by atoms with Gasteiger partial charge in [-0.25, -0.2) is 9.78 Å². The minimum absolute atomic E-state index is 0.183. The van der Waals surface area contributed by atoms with E-state index < -0.39 is 11.6 Å². The molecule has 1 atom stereocenters. The Bertz CT molecular complexity index is 956. The zero-order valence-electron chi connectivity index (χ0n) is 14.3. The molecule has 0 bridgehead atoms. The van der Waals surface area contributed by atoms with Crippen molar-refractivity contribution in [3.05, 3.63) is 44.9 Å². The first-order valence-electron chi connectivity index (χ1n) is 8.74. The van der Waals surface area contributed by atoms with E-state index in [9.17, 15) is 9.59 Å². The van der Waals surface area contributed by atoms with E-state index in [-0.39, 0.29) is 5.91 Å². The lowest BCUT2D eigenvalue weighted by Gasteiger charge is -2.28. The molecule has 2 aromatic rings. The van der Waals surface area contributed by atoms with Crippen LogP contribution in [0.25, 0.3) is 0 Å². The third kappa shape index (κ3) is 2.55. The van der Waals surface area contributed by atoms with E-state index in [1.807, 2.05) is 0 Å². The highest BCUT2D eigenvalue weighted by Crippen LogP contribution is 2.48. The van der Waals surface area contributed by atoms with Crippen LogP contribution < -0.4 is 10.2 Å². The molecule has 1 amide bonds. The number of hydrogen-bond donors (Lipinski definition) is 1. The van der Waals surface area contributed by atoms with Crippen molar-refractivity contribution in [3.8, 4) is 0 Å². The zero-order valence-corrected chi connectivity index (χ0v) is 15.9. The van der Waals surface area contributed by atoms with Crippen LogP contribution in [-0.2, 0) is 15.1 Å². The summed E-state index contributed by atoms with van der Waals surface area (Å²) in [5, 5.41) is 4.11. The third-order valence-corrected chi connectivity index (χ3v) is 6.50. The van der Waals surface area contributed by atoms with Gasteiger partial charge in [0.2, 0.25) is 0 Å². The minimum Gasteiger partial charge on any atom is -0.444 e. The van der Waals surface area contributed by atoms with Crippen molar-refractivity contribution >= 4 is 39.9 Å². The molecule has 1 fully saturated rings. The van der Waals surface area contributed by atoms with Crippen LogP contribution in [0.3, 0.4) is 0 Å². The van der Waals surface area contributed by atoms with Gasteiger partial charge in [0, 0.05) is 36.6 Å². The number of esters is 1. The molecule has 140 valence electrons. The van der Waals surface area contributed by atoms with E-state index in [4.69, 9.17) is 26.1 Å². The molecule has 9 heteroatoms. The van der Waals surface area contributed by atoms with Crippen molar-refractivity contribution < 1.29 is 19.1 Å². The number of anilines is 1. The molecule has 0 saturated carbocycles. The lowest BCUT2D eigenvalue weighted by molar-refractivity contribution is 0.00677. The Hall–Kier alpha value is -2.16. The van der Waals surface area contributed by atoms with Crippen LogP contribution in [0.2, 0.25) is 5.02 Å². The fraction of sp³-hybridized carbons (Fsp3) is 0.389. The Kier molecular flexibility index (Phi) is 3.89. The normalized spacial score (nSPS) is 24.3. The van der Waals surface area contributed by atoms with Crippen LogP contribution in [0.15, 0.2) is 18.2 Å². The van der Waals surface area contributed by atoms with Crippen molar-refractivity contribution in [1.29, 1.82) is 0 Å². The number of carbonyl (C=O) groups is 2. The molecule has 1 saturated heterocycles. The van der Waals surface area contributed by atoms with Gasteiger partial charge in [-0.05, 0) is 12.1 Å². The topological polar surface area (TPSA) is 80.8 Å². The van der Waals surface area contributed by atoms with Crippen molar-refractivity contribution in [2.75, 3.05) is 37.7 Å². The third-order valence-electron chi connectivity index (χ3n) is 5.15. The SMILES string of the molecule is O=C1OC2(CCNC(=O)c3sc(N4CCOCC4)nc32)c2ccc(Cl)cc21. The Morgan fingerprint density at radius 3 is 2.89 bits per heavy atom. The van der Waals surface area contributed by atoms with Crippen molar-refractivity contribution in [2.24, 2.45) is 0 Å². The summed E-state index contributed by atoms with van der Waals surface area (Å²) in [4.78, 5) is 32.6. The molecule has 5 rings (SSSR count). The molecule has 3 aliphatic heterocycles. The number of carbonyl (C=O) groups excluding carboxylic acids is 2. The van der Waals surface area contributed by atoms with E-state index in [2.05, 4.69) is 10.2 Å². The second-order valence-corrected chi connectivity index (χ2v) is 8.10. The number of halogens is 1. The van der Waals surface area contributed by atoms with Gasteiger partial charge in [0.1, 0.15) is 10.6 Å². The summed E-state index contributed by atoms with van der Waals surface area (Å²) in [5.74, 6) is -0.619. The van der Waals surface area contributed by atoms with Gasteiger partial charge < -0.3 is 19.7 Å². The maximum atomic E-state index is 12.6. The molecule has 3 aliphatic rings. The summed E-state index contributed by atoms with van der Waals surface area (Å²) in [6.07, 6.45) is 0.429. The van der Waals surface area contributed by atoms with Gasteiger partial charge in [0.15, 0.2) is 10.7 Å². The van der Waals surface area contributed by atoms with Crippen molar-refractivity contribution in [3.63, 3.8) is 0 Å². The molecule has 0 aliphatic carbocycles. The minimum atomic E-state index is -1.06. The Morgan fingerprint density at radius 2 is 2.07 bits per heavy atom. The molecule has 1 aromatic heterocycles. The summed E-state index contributed by atoms with van der Waals surface area (Å²) < 4.78 is 11.3. The monoisotopic (exact) mass is 405 g/mol. The summed E-state index contributed by atoms with van der Waals surface area (Å²) in [6.45, 7) is 3.07. The number of ether oxygens (including phenoxy) is 2. The van der Waals surface area contributed by atoms with Crippen LogP contribution in [0.5, 0.6) is 0 Å². The molecule has 1 spiro atoms. The molecular weight excluding hydrogens is 390 g/mol. The highest BCUT2D eigenvalue weighted by molar-refractivity contribution is 7.17. The molecule has 0 radical (unpaired) electrons. The predicted octanol–water partition coefficient (Wildman–Crippen LogP) is 2.18. The van der Waals surface area contributed by atoms with Gasteiger partial charge in [0.25, 0.3) is 5.91 Å². The largest absolute Gasteiger partial charge is 0.444 e. The fourth-order valence-electron chi connectivity index (χ4n) is 3.84. The van der Waals surface area contributed by atoms with Gasteiger partial charge in [-0.1, -0.05) is 29.0 Å². The standard InChI is InChI=1S/C18H16ClN3O4S/c19-10-1-2-12-11(9-10)16(24)26-18(12)3-4-20-15(23)13-14(18)21-17(27-13)22-5-7-25-8-6-22/h1-2,9H,3-8H2,(H,20,23). The molecule has 4 heterocycles. The quantitative estimate of drug-likeness (QED) is 0.732. The number of nitrogens with zero attached hydrogens (tertiary/aromatic N) is 2. The lowest BCUT2D eigenvalue weighted by atomic mass is 9.86. The Balaban J connectivity index is 1.68. The number of fused-ring (bicyclic) bond motifs is 4. The van der Waals surface area contributed by atoms with Crippen LogP contribution >= 0.6 is 22.9 Å². The van der Waals surface area contributed by atoms with Crippen LogP contribution in [-0.4, -0.2) is 49.7 Å². The lowest BCUT2D eigenvalue weighted by Crippen LogP contribution is -2.36. The first-order valence-corrected chi connectivity index (χ1v) is 9.93. The van der Waals surface area contributed by atoms with Gasteiger partial charge in [-0.2, -0.15) is 0 Å². The number of hydrogen-bond acceptors (Lipinski definition) is 7. The smallest absolute Gasteiger partial charge is 0.339 e. The molecular formula is C18H16ClN3O4S. The Morgan fingerprint density at radius 1 is 1.26 bits per heavy atom. The summed E-state index contributed by atoms with van der Waals surface area (Å²) in [7, 11) is 0. The first kappa shape index (κ1) is 17.0. The van der Waals surface area contributed by atoms with E-state index >= 15 is 0 Å². The summed E-state index contributed by atoms with van der Waals surface area (Å²) in [6, 6.07) is 5.15. The zero-order chi connectivity index (χ0) is 18.6. The average Bonchev–Trinajstić information content (AvgIpc) is 3.20. The molecule has 1 aromatic carbocycles. The number of thiazole rings is 1. The van der Waals surface area contributed by atoms with Crippen molar-refractivity contribution in [1.82, 2.24) is 10.3 Å². The number of aromatic nitrogens is 1. The highest BCUT2D eigenvalue weighted by atomic mass is 35.5. The number of amides is 1. The van der Waals surface area contributed by atoms with Gasteiger partial charge in [-0.15, -0.1) is 0 Å². The molecule has 1 unspecified atom stereocenters. The van der Waals surface area contributed by atoms with E-state index in [1.54, 1.807) is 18.2 Å². The predicted molar refractivity (Wildman–Crippen MR) is 99.7 cm³/mol. The second kappa shape index (κ2) is 6.19. The van der Waals surface area contributed by atoms with E-state index in [0.29, 0.717) is 66.0 Å². The fourth-order valence-corrected chi connectivity index (χ4v) is 5.12. The summed E-state index contributed by atoms with van der Waals surface area (Å²) in [5.41, 5.74) is 0.600. The number of morpholine rings is 1. The van der Waals surface area contributed by atoms with Crippen LogP contribution in [0, 0.1) is 0 Å². The average molecular weight is 406 g/mol. The number of benzene rings is 1. The molecule has 27 heavy (non-hydrogen) atoms. The number of nitrogens with one attached hydrogen (secondary N) is 1. The maximum Gasteiger partial charge on any atom is 0.339 e. The maximum absolute atomic E-state index is 12.6. The van der Waals surface area contributed by atoms with Crippen LogP contribution in [0.1, 0.15) is 37.7 Å². The van der Waals surface area contributed by atoms with Gasteiger partial charge in [0.05, 0.1) is 18.8 Å². The first-order chi connectivity index (χ1) is 13.1. The number of rotatable bonds is 1. The van der Waals surface area contributed by atoms with E-state index in [0.717, 1.165) is 5.13 Å². The van der Waals surface area contributed by atoms with Gasteiger partial charge in [-0.3, -0.25) is 4.79 Å². The summed E-state index contributed by atoms with van der Waals surface area (Å²) >= 11 is 7.40. The molecule has 1 N–H and O–H groups in total. The van der Waals surface area contributed by atoms with Gasteiger partial charge >= 0.3 is 5.97 Å². The van der Waals surface area contributed by atoms with Crippen molar-refractivity contribution in [2.45, 2.75) is 12.0 Å². The van der Waals surface area contributed by atoms with E-state index in [1.165, 1.54) is 11.3 Å². The van der Waals surface area contributed by atoms with Crippen LogP contribution in [0.4, 0.5) is 5.13 Å².